The third kappa shape index (κ3) is 5.02. The summed E-state index contributed by atoms with van der Waals surface area (Å²) in [4.78, 5) is 24.2. The van der Waals surface area contributed by atoms with Crippen LogP contribution in [0.1, 0.15) is 0 Å². The topological polar surface area (TPSA) is 143 Å². The van der Waals surface area contributed by atoms with Gasteiger partial charge in [-0.3, -0.25) is 0 Å². The van der Waals surface area contributed by atoms with Gasteiger partial charge in [0.25, 0.3) is 0 Å². The number of aliphatic hydroxyl groups is 4. The second-order valence-electron chi connectivity index (χ2n) is 5.39. The molecule has 9 heteroatoms. The lowest BCUT2D eigenvalue weighted by atomic mass is 10.2. The van der Waals surface area contributed by atoms with Crippen LogP contribution in [0.2, 0.25) is 0 Å². The largest absolute Gasteiger partial charge is 0.450 e. The zero-order chi connectivity index (χ0) is 19.9. The molecule has 0 aromatic heterocycles. The Hall–Kier alpha value is -2.98. The molecule has 9 nitrogen and oxygen atoms in total. The maximum absolute atomic E-state index is 12.1. The van der Waals surface area contributed by atoms with Crippen LogP contribution in [-0.4, -0.2) is 57.2 Å². The molecule has 0 bridgehead atoms. The molecule has 2 aromatic carbocycles. The van der Waals surface area contributed by atoms with Gasteiger partial charge >= 0.3 is 23.5 Å². The summed E-state index contributed by atoms with van der Waals surface area (Å²) in [5.74, 6) is -9.22. The highest BCUT2D eigenvalue weighted by atomic mass is 16.7. The van der Waals surface area contributed by atoms with Gasteiger partial charge in [-0.2, -0.15) is 0 Å². The summed E-state index contributed by atoms with van der Waals surface area (Å²) in [7, 11) is 0. The molecule has 0 aliphatic carbocycles. The summed E-state index contributed by atoms with van der Waals surface area (Å²) < 4.78 is 14.3. The van der Waals surface area contributed by atoms with Gasteiger partial charge in [0.1, 0.15) is 24.7 Å². The van der Waals surface area contributed by atoms with Gasteiger partial charge in [-0.15, -0.1) is 0 Å². The molecule has 144 valence electrons. The van der Waals surface area contributed by atoms with Gasteiger partial charge in [0.05, 0.1) is 0 Å². The van der Waals surface area contributed by atoms with Crippen LogP contribution >= 0.6 is 0 Å². The van der Waals surface area contributed by atoms with Gasteiger partial charge < -0.3 is 34.6 Å². The van der Waals surface area contributed by atoms with Crippen molar-refractivity contribution >= 4 is 11.9 Å². The van der Waals surface area contributed by atoms with Gasteiger partial charge in [-0.1, -0.05) is 36.4 Å². The van der Waals surface area contributed by atoms with Crippen LogP contribution in [0.15, 0.2) is 60.7 Å². The van der Waals surface area contributed by atoms with Crippen LogP contribution in [0.3, 0.4) is 0 Å². The number of para-hydroxylation sites is 2. The first kappa shape index (κ1) is 20.3. The zero-order valence-electron chi connectivity index (χ0n) is 14.0. The highest BCUT2D eigenvalue weighted by Crippen LogP contribution is 2.21. The molecule has 27 heavy (non-hydrogen) atoms. The van der Waals surface area contributed by atoms with Crippen LogP contribution in [-0.2, 0) is 14.3 Å². The first-order valence-corrected chi connectivity index (χ1v) is 7.74. The Morgan fingerprint density at radius 3 is 1.33 bits per heavy atom. The molecule has 4 N–H and O–H groups in total. The number of aliphatic hydroxyl groups excluding tert-OH is 2. The summed E-state index contributed by atoms with van der Waals surface area (Å²) in [6, 6.07) is 15.0. The van der Waals surface area contributed by atoms with E-state index in [1.54, 1.807) is 36.4 Å². The van der Waals surface area contributed by atoms with Crippen molar-refractivity contribution in [2.75, 3.05) is 13.2 Å². The molecule has 0 radical (unpaired) electrons. The fourth-order valence-corrected chi connectivity index (χ4v) is 1.89. The van der Waals surface area contributed by atoms with Crippen molar-refractivity contribution in [3.8, 4) is 11.5 Å². The van der Waals surface area contributed by atoms with E-state index in [0.717, 1.165) is 0 Å². The number of carbonyl (C=O) groups excluding carboxylic acids is 2. The monoisotopic (exact) mass is 378 g/mol. The molecule has 0 saturated carbocycles. The molecular weight excluding hydrogens is 360 g/mol. The highest BCUT2D eigenvalue weighted by molar-refractivity contribution is 5.93. The second kappa shape index (κ2) is 8.60. The zero-order valence-corrected chi connectivity index (χ0v) is 14.0. The van der Waals surface area contributed by atoms with Crippen molar-refractivity contribution in [3.05, 3.63) is 60.7 Å². The predicted octanol–water partition coefficient (Wildman–Crippen LogP) is -0.424. The highest BCUT2D eigenvalue weighted by Gasteiger charge is 2.47. The molecular formula is C18H18O9. The fraction of sp³-hybridized carbons (Fsp3) is 0.222. The van der Waals surface area contributed by atoms with Crippen molar-refractivity contribution in [1.82, 2.24) is 0 Å². The van der Waals surface area contributed by atoms with E-state index in [1.807, 2.05) is 0 Å². The van der Waals surface area contributed by atoms with Gasteiger partial charge in [-0.05, 0) is 24.3 Å². The standard InChI is InChI=1S/C18H18O9/c19-11-17(23,26-13-7-3-1-4-8-13)15(21)25-16(22)18(24,12-20)27-14-9-5-2-6-10-14/h1-10,19-20,23-24H,11-12H2. The number of esters is 2. The molecule has 2 unspecified atom stereocenters. The van der Waals surface area contributed by atoms with E-state index in [-0.39, 0.29) is 11.5 Å². The predicted molar refractivity (Wildman–Crippen MR) is 89.3 cm³/mol. The van der Waals surface area contributed by atoms with Crippen molar-refractivity contribution < 1.29 is 44.2 Å². The summed E-state index contributed by atoms with van der Waals surface area (Å²) in [6.07, 6.45) is 0. The van der Waals surface area contributed by atoms with Gasteiger partial charge in [0, 0.05) is 0 Å². The quantitative estimate of drug-likeness (QED) is 0.273. The van der Waals surface area contributed by atoms with E-state index in [1.165, 1.54) is 24.3 Å². The molecule has 2 atom stereocenters. The van der Waals surface area contributed by atoms with Gasteiger partial charge in [0.2, 0.25) is 0 Å². The molecule has 0 aliphatic heterocycles. The summed E-state index contributed by atoms with van der Waals surface area (Å²) in [6.45, 7) is -2.49. The van der Waals surface area contributed by atoms with Crippen molar-refractivity contribution in [1.29, 1.82) is 0 Å². The molecule has 0 saturated heterocycles. The maximum Gasteiger partial charge on any atom is 0.389 e. The average Bonchev–Trinajstić information content (AvgIpc) is 2.69. The third-order valence-electron chi connectivity index (χ3n) is 3.31. The van der Waals surface area contributed by atoms with Crippen molar-refractivity contribution in [2.24, 2.45) is 0 Å². The van der Waals surface area contributed by atoms with E-state index >= 15 is 0 Å². The Morgan fingerprint density at radius 2 is 1.04 bits per heavy atom. The Kier molecular flexibility index (Phi) is 6.48. The van der Waals surface area contributed by atoms with Crippen LogP contribution in [0, 0.1) is 0 Å². The molecule has 0 fully saturated rings. The smallest absolute Gasteiger partial charge is 0.389 e. The van der Waals surface area contributed by atoms with Gasteiger partial charge in [-0.25, -0.2) is 9.59 Å². The Morgan fingerprint density at radius 1 is 0.704 bits per heavy atom. The van der Waals surface area contributed by atoms with E-state index in [9.17, 15) is 30.0 Å². The van der Waals surface area contributed by atoms with Crippen molar-refractivity contribution in [2.45, 2.75) is 11.6 Å². The molecule has 0 amide bonds. The molecule has 2 aromatic rings. The fourth-order valence-electron chi connectivity index (χ4n) is 1.89. The van der Waals surface area contributed by atoms with E-state index in [4.69, 9.17) is 9.47 Å². The SMILES string of the molecule is O=C(OC(=O)C(O)(CO)Oc1ccccc1)C(O)(CO)Oc1ccccc1. The van der Waals surface area contributed by atoms with Crippen LogP contribution < -0.4 is 9.47 Å². The minimum atomic E-state index is -2.92. The summed E-state index contributed by atoms with van der Waals surface area (Å²) in [5.41, 5.74) is 0. The number of carbonyl (C=O) groups is 2. The molecule has 0 spiro atoms. The maximum atomic E-state index is 12.1. The number of benzene rings is 2. The summed E-state index contributed by atoms with van der Waals surface area (Å²) >= 11 is 0. The van der Waals surface area contributed by atoms with Crippen LogP contribution in [0.4, 0.5) is 0 Å². The Balaban J connectivity index is 2.12. The first-order valence-electron chi connectivity index (χ1n) is 7.74. The number of hydrogen-bond acceptors (Lipinski definition) is 9. The average molecular weight is 378 g/mol. The molecule has 0 aliphatic rings. The lowest BCUT2D eigenvalue weighted by Crippen LogP contribution is -2.55. The van der Waals surface area contributed by atoms with E-state index < -0.39 is 36.7 Å². The minimum Gasteiger partial charge on any atom is -0.450 e. The number of hydrogen-bond donors (Lipinski definition) is 4. The second-order valence-corrected chi connectivity index (χ2v) is 5.39. The summed E-state index contributed by atoms with van der Waals surface area (Å²) in [5, 5.41) is 38.9. The van der Waals surface area contributed by atoms with E-state index in [0.29, 0.717) is 0 Å². The number of rotatable bonds is 8. The third-order valence-corrected chi connectivity index (χ3v) is 3.31. The minimum absolute atomic E-state index is 0.0106. The van der Waals surface area contributed by atoms with E-state index in [2.05, 4.69) is 4.74 Å². The Bertz CT molecular complexity index is 699. The van der Waals surface area contributed by atoms with Crippen LogP contribution in [0.25, 0.3) is 0 Å². The first-order chi connectivity index (χ1) is 12.8. The Labute approximate surface area is 154 Å². The molecule has 0 heterocycles. The number of ether oxygens (including phenoxy) is 3. The lowest BCUT2D eigenvalue weighted by molar-refractivity contribution is -0.230. The lowest BCUT2D eigenvalue weighted by Gasteiger charge is -2.27. The van der Waals surface area contributed by atoms with Crippen molar-refractivity contribution in [3.63, 3.8) is 0 Å². The molecule has 2 rings (SSSR count). The normalized spacial score (nSPS) is 15.1. The van der Waals surface area contributed by atoms with Gasteiger partial charge in [0.15, 0.2) is 0 Å². The van der Waals surface area contributed by atoms with Crippen LogP contribution in [0.5, 0.6) is 11.5 Å².